The molecule has 1 aromatic rings. The van der Waals surface area contributed by atoms with E-state index in [-0.39, 0.29) is 5.54 Å². The molecule has 1 aliphatic carbocycles. The zero-order valence-electron chi connectivity index (χ0n) is 12.2. The lowest BCUT2D eigenvalue weighted by molar-refractivity contribution is 0.263. The van der Waals surface area contributed by atoms with E-state index >= 15 is 0 Å². The molecule has 0 saturated heterocycles. The summed E-state index contributed by atoms with van der Waals surface area (Å²) in [5.74, 6) is 1.86. The van der Waals surface area contributed by atoms with Gasteiger partial charge in [0.05, 0.1) is 12.3 Å². The average molecular weight is 263 g/mol. The summed E-state index contributed by atoms with van der Waals surface area (Å²) in [5.41, 5.74) is 6.67. The van der Waals surface area contributed by atoms with Gasteiger partial charge in [-0.05, 0) is 37.8 Å². The number of nitrogen functional groups attached to an aromatic ring is 1. The summed E-state index contributed by atoms with van der Waals surface area (Å²) in [6.45, 7) is 7.11. The predicted molar refractivity (Wildman–Crippen MR) is 79.5 cm³/mol. The van der Waals surface area contributed by atoms with Crippen molar-refractivity contribution in [3.05, 3.63) is 12.1 Å². The van der Waals surface area contributed by atoms with Crippen LogP contribution in [-0.2, 0) is 0 Å². The van der Waals surface area contributed by atoms with E-state index in [0.717, 1.165) is 5.82 Å². The molecule has 4 nitrogen and oxygen atoms in total. The smallest absolute Gasteiger partial charge is 0.239 e. The number of aromatic nitrogens is 1. The lowest BCUT2D eigenvalue weighted by Gasteiger charge is -2.26. The van der Waals surface area contributed by atoms with Gasteiger partial charge in [-0.15, -0.1) is 0 Å². The number of nitrogens with zero attached hydrogens (tertiary/aromatic N) is 1. The number of ether oxygens (including phenoxy) is 1. The van der Waals surface area contributed by atoms with Gasteiger partial charge in [0.15, 0.2) is 0 Å². The molecule has 0 spiro atoms. The van der Waals surface area contributed by atoms with Gasteiger partial charge < -0.3 is 15.8 Å². The Morgan fingerprint density at radius 3 is 2.68 bits per heavy atom. The van der Waals surface area contributed by atoms with Crippen molar-refractivity contribution in [2.45, 2.75) is 52.0 Å². The number of hydrogen-bond acceptors (Lipinski definition) is 4. The molecular weight excluding hydrogens is 238 g/mol. The van der Waals surface area contributed by atoms with E-state index in [1.165, 1.54) is 25.7 Å². The highest BCUT2D eigenvalue weighted by Gasteiger charge is 2.28. The van der Waals surface area contributed by atoms with Crippen molar-refractivity contribution >= 4 is 11.5 Å². The molecule has 1 fully saturated rings. The zero-order chi connectivity index (χ0) is 13.9. The first-order chi connectivity index (χ1) is 8.98. The van der Waals surface area contributed by atoms with E-state index in [1.807, 2.05) is 12.1 Å². The summed E-state index contributed by atoms with van der Waals surface area (Å²) < 4.78 is 5.66. The van der Waals surface area contributed by atoms with Crippen LogP contribution in [0.5, 0.6) is 5.88 Å². The van der Waals surface area contributed by atoms with E-state index < -0.39 is 0 Å². The van der Waals surface area contributed by atoms with Gasteiger partial charge in [-0.1, -0.05) is 26.7 Å². The van der Waals surface area contributed by atoms with Crippen LogP contribution < -0.4 is 15.8 Å². The van der Waals surface area contributed by atoms with Gasteiger partial charge in [0.2, 0.25) is 5.88 Å². The fourth-order valence-corrected chi connectivity index (χ4v) is 2.47. The van der Waals surface area contributed by atoms with Gasteiger partial charge in [-0.25, -0.2) is 0 Å². The molecule has 0 bridgehead atoms. The van der Waals surface area contributed by atoms with Crippen molar-refractivity contribution in [3.63, 3.8) is 0 Å². The van der Waals surface area contributed by atoms with Crippen molar-refractivity contribution in [1.82, 2.24) is 4.98 Å². The number of pyridine rings is 1. The molecule has 1 heterocycles. The Balaban J connectivity index is 2.07. The van der Waals surface area contributed by atoms with Crippen LogP contribution in [-0.4, -0.2) is 17.1 Å². The normalized spacial score (nSPS) is 17.7. The van der Waals surface area contributed by atoms with Gasteiger partial charge in [0.25, 0.3) is 0 Å². The first-order valence-corrected chi connectivity index (χ1v) is 7.16. The topological polar surface area (TPSA) is 60.2 Å². The molecule has 2 rings (SSSR count). The Labute approximate surface area is 115 Å². The summed E-state index contributed by atoms with van der Waals surface area (Å²) in [7, 11) is 0. The summed E-state index contributed by atoms with van der Waals surface area (Å²) >= 11 is 0. The lowest BCUT2D eigenvalue weighted by atomic mass is 10.0. The second kappa shape index (κ2) is 5.68. The molecule has 106 valence electrons. The summed E-state index contributed by atoms with van der Waals surface area (Å²) in [5, 5.41) is 3.53. The molecule has 0 aliphatic heterocycles. The highest BCUT2D eigenvalue weighted by Crippen LogP contribution is 2.33. The SMILES string of the molecule is CC(C)COc1nc(NC2(C)CCCC2)ccc1N. The lowest BCUT2D eigenvalue weighted by Crippen LogP contribution is -2.31. The van der Waals surface area contributed by atoms with Gasteiger partial charge in [-0.2, -0.15) is 4.98 Å². The van der Waals surface area contributed by atoms with Crippen molar-refractivity contribution in [3.8, 4) is 5.88 Å². The molecular formula is C15H25N3O. The van der Waals surface area contributed by atoms with E-state index in [9.17, 15) is 0 Å². The molecule has 1 aliphatic rings. The fourth-order valence-electron chi connectivity index (χ4n) is 2.47. The van der Waals surface area contributed by atoms with Gasteiger partial charge in [0, 0.05) is 5.54 Å². The number of anilines is 2. The number of nitrogens with one attached hydrogen (secondary N) is 1. The number of nitrogens with two attached hydrogens (primary N) is 1. The summed E-state index contributed by atoms with van der Waals surface area (Å²) in [4.78, 5) is 4.49. The van der Waals surface area contributed by atoms with Crippen LogP contribution in [0.3, 0.4) is 0 Å². The maximum Gasteiger partial charge on any atom is 0.239 e. The van der Waals surface area contributed by atoms with Gasteiger partial charge in [0.1, 0.15) is 5.82 Å². The number of rotatable bonds is 5. The van der Waals surface area contributed by atoms with Crippen molar-refractivity contribution in [2.75, 3.05) is 17.7 Å². The molecule has 1 aromatic heterocycles. The molecule has 3 N–H and O–H groups in total. The second-order valence-electron chi connectivity index (χ2n) is 6.19. The van der Waals surface area contributed by atoms with Crippen molar-refractivity contribution in [1.29, 1.82) is 0 Å². The highest BCUT2D eigenvalue weighted by molar-refractivity contribution is 5.54. The van der Waals surface area contributed by atoms with E-state index in [2.05, 4.69) is 31.1 Å². The first kappa shape index (κ1) is 14.0. The Bertz CT molecular complexity index is 425. The van der Waals surface area contributed by atoms with E-state index in [4.69, 9.17) is 10.5 Å². The standard InChI is InChI=1S/C15H25N3O/c1-11(2)10-19-14-12(16)6-7-13(17-14)18-15(3)8-4-5-9-15/h6-7,11H,4-5,8-10,16H2,1-3H3,(H,17,18). The monoisotopic (exact) mass is 263 g/mol. The maximum absolute atomic E-state index is 5.90. The van der Waals surface area contributed by atoms with Crippen LogP contribution >= 0.6 is 0 Å². The first-order valence-electron chi connectivity index (χ1n) is 7.16. The second-order valence-corrected chi connectivity index (χ2v) is 6.19. The fraction of sp³-hybridized carbons (Fsp3) is 0.667. The molecule has 1 saturated carbocycles. The largest absolute Gasteiger partial charge is 0.476 e. The number of hydrogen-bond donors (Lipinski definition) is 2. The predicted octanol–water partition coefficient (Wildman–Crippen LogP) is 3.44. The molecule has 0 atom stereocenters. The third-order valence-electron chi connectivity index (χ3n) is 3.58. The highest BCUT2D eigenvalue weighted by atomic mass is 16.5. The van der Waals surface area contributed by atoms with E-state index in [0.29, 0.717) is 24.1 Å². The molecule has 0 amide bonds. The summed E-state index contributed by atoms with van der Waals surface area (Å²) in [6, 6.07) is 3.80. The van der Waals surface area contributed by atoms with Gasteiger partial charge in [-0.3, -0.25) is 0 Å². The molecule has 4 heteroatoms. The van der Waals surface area contributed by atoms with Crippen LogP contribution in [0.2, 0.25) is 0 Å². The van der Waals surface area contributed by atoms with Crippen LogP contribution in [0.15, 0.2) is 12.1 Å². The molecule has 0 aromatic carbocycles. The Hall–Kier alpha value is -1.45. The quantitative estimate of drug-likeness (QED) is 0.854. The summed E-state index contributed by atoms with van der Waals surface area (Å²) in [6.07, 6.45) is 4.97. The maximum atomic E-state index is 5.90. The van der Waals surface area contributed by atoms with Crippen LogP contribution in [0.4, 0.5) is 11.5 Å². The minimum atomic E-state index is 0.165. The van der Waals surface area contributed by atoms with Crippen LogP contribution in [0.1, 0.15) is 46.5 Å². The molecule has 19 heavy (non-hydrogen) atoms. The van der Waals surface area contributed by atoms with Crippen LogP contribution in [0, 0.1) is 5.92 Å². The minimum absolute atomic E-state index is 0.165. The Morgan fingerprint density at radius 1 is 1.37 bits per heavy atom. The Kier molecular flexibility index (Phi) is 4.17. The third kappa shape index (κ3) is 3.75. The zero-order valence-corrected chi connectivity index (χ0v) is 12.2. The average Bonchev–Trinajstić information content (AvgIpc) is 2.76. The van der Waals surface area contributed by atoms with Crippen molar-refractivity contribution < 1.29 is 4.74 Å². The molecule has 0 unspecified atom stereocenters. The van der Waals surface area contributed by atoms with Crippen molar-refractivity contribution in [2.24, 2.45) is 5.92 Å². The van der Waals surface area contributed by atoms with E-state index in [1.54, 1.807) is 0 Å². The van der Waals surface area contributed by atoms with Crippen LogP contribution in [0.25, 0.3) is 0 Å². The Morgan fingerprint density at radius 2 is 2.05 bits per heavy atom. The molecule has 0 radical (unpaired) electrons. The van der Waals surface area contributed by atoms with Gasteiger partial charge >= 0.3 is 0 Å². The third-order valence-corrected chi connectivity index (χ3v) is 3.58. The minimum Gasteiger partial charge on any atom is -0.476 e.